The van der Waals surface area contributed by atoms with E-state index in [0.29, 0.717) is 11.7 Å². The van der Waals surface area contributed by atoms with Gasteiger partial charge >= 0.3 is 6.18 Å². The predicted octanol–water partition coefficient (Wildman–Crippen LogP) is 4.00. The molecule has 0 bridgehead atoms. The van der Waals surface area contributed by atoms with Crippen LogP contribution in [0.15, 0.2) is 24.3 Å². The van der Waals surface area contributed by atoms with Gasteiger partial charge in [0.25, 0.3) is 5.91 Å². The Morgan fingerprint density at radius 1 is 1.25 bits per heavy atom. The van der Waals surface area contributed by atoms with Crippen molar-refractivity contribution >= 4 is 22.4 Å². The third-order valence-corrected chi connectivity index (χ3v) is 4.58. The fourth-order valence-electron chi connectivity index (χ4n) is 2.12. The first-order valence-corrected chi connectivity index (χ1v) is 8.28. The van der Waals surface area contributed by atoms with E-state index in [9.17, 15) is 18.0 Å². The molecule has 1 aromatic carbocycles. The van der Waals surface area contributed by atoms with Gasteiger partial charge in [-0.05, 0) is 57.0 Å². The second-order valence-electron chi connectivity index (χ2n) is 5.30. The molecule has 4 nitrogen and oxygen atoms in total. The lowest BCUT2D eigenvalue weighted by molar-refractivity contribution is -0.137. The average Bonchev–Trinajstić information content (AvgIpc) is 2.86. The molecule has 1 aromatic heterocycles. The minimum absolute atomic E-state index is 0.153. The molecule has 0 unspecified atom stereocenters. The number of hydrogen-bond donors (Lipinski definition) is 2. The average molecular weight is 357 g/mol. The third-order valence-electron chi connectivity index (χ3n) is 3.45. The van der Waals surface area contributed by atoms with Crippen molar-refractivity contribution in [1.29, 1.82) is 0 Å². The van der Waals surface area contributed by atoms with Gasteiger partial charge in [0.2, 0.25) is 0 Å². The molecule has 0 saturated heterocycles. The lowest BCUT2D eigenvalue weighted by atomic mass is 10.1. The van der Waals surface area contributed by atoms with E-state index in [0.717, 1.165) is 54.1 Å². The minimum atomic E-state index is -4.42. The van der Waals surface area contributed by atoms with Gasteiger partial charge < -0.3 is 5.73 Å². The Labute approximate surface area is 141 Å². The molecule has 24 heavy (non-hydrogen) atoms. The Bertz CT molecular complexity index is 696. The number of anilines is 1. The molecule has 8 heteroatoms. The number of hydrogen-bond acceptors (Lipinski definition) is 4. The number of unbranched alkanes of at least 4 members (excludes halogenated alkanes) is 1. The summed E-state index contributed by atoms with van der Waals surface area (Å²) in [6, 6.07) is 4.09. The second kappa shape index (κ2) is 7.76. The van der Waals surface area contributed by atoms with Crippen LogP contribution in [-0.4, -0.2) is 17.4 Å². The Morgan fingerprint density at radius 2 is 1.92 bits per heavy atom. The Kier molecular flexibility index (Phi) is 5.95. The minimum Gasteiger partial charge on any atom is -0.330 e. The Hall–Kier alpha value is -1.93. The molecule has 0 aliphatic carbocycles. The number of thiazole rings is 1. The van der Waals surface area contributed by atoms with Gasteiger partial charge in [0, 0.05) is 10.4 Å². The first-order chi connectivity index (χ1) is 11.3. The molecule has 0 atom stereocenters. The summed E-state index contributed by atoms with van der Waals surface area (Å²) in [7, 11) is 0. The number of rotatable bonds is 6. The molecular formula is C16H18F3N3OS. The van der Waals surface area contributed by atoms with Crippen molar-refractivity contribution in [3.05, 3.63) is 46.0 Å². The normalized spacial score (nSPS) is 11.5. The number of amides is 1. The van der Waals surface area contributed by atoms with Gasteiger partial charge in [0.05, 0.1) is 11.3 Å². The molecule has 0 aliphatic heterocycles. The molecule has 2 rings (SSSR count). The molecule has 0 aliphatic rings. The highest BCUT2D eigenvalue weighted by Crippen LogP contribution is 2.29. The monoisotopic (exact) mass is 357 g/mol. The van der Waals surface area contributed by atoms with E-state index in [1.165, 1.54) is 11.3 Å². The number of aromatic nitrogens is 1. The molecule has 1 heterocycles. The van der Waals surface area contributed by atoms with Crippen molar-refractivity contribution < 1.29 is 18.0 Å². The Morgan fingerprint density at radius 3 is 2.50 bits per heavy atom. The summed E-state index contributed by atoms with van der Waals surface area (Å²) in [5, 5.41) is 3.08. The second-order valence-corrected chi connectivity index (χ2v) is 6.39. The number of nitrogens with zero attached hydrogens (tertiary/aromatic N) is 1. The molecule has 0 spiro atoms. The lowest BCUT2D eigenvalue weighted by Gasteiger charge is -2.07. The van der Waals surface area contributed by atoms with Crippen LogP contribution in [0.4, 0.5) is 18.3 Å². The highest BCUT2D eigenvalue weighted by molar-refractivity contribution is 7.15. The van der Waals surface area contributed by atoms with Crippen molar-refractivity contribution in [2.45, 2.75) is 32.4 Å². The van der Waals surface area contributed by atoms with E-state index >= 15 is 0 Å². The highest BCUT2D eigenvalue weighted by atomic mass is 32.1. The molecule has 0 saturated carbocycles. The zero-order valence-electron chi connectivity index (χ0n) is 13.1. The fourth-order valence-corrected chi connectivity index (χ4v) is 3.12. The molecule has 0 fully saturated rings. The van der Waals surface area contributed by atoms with Crippen molar-refractivity contribution in [1.82, 2.24) is 4.98 Å². The third kappa shape index (κ3) is 4.78. The van der Waals surface area contributed by atoms with Gasteiger partial charge in [0.1, 0.15) is 0 Å². The van der Waals surface area contributed by atoms with E-state index in [1.54, 1.807) is 0 Å². The number of carbonyl (C=O) groups is 1. The van der Waals surface area contributed by atoms with Gasteiger partial charge in [-0.25, -0.2) is 4.98 Å². The largest absolute Gasteiger partial charge is 0.416 e. The molecule has 2 aromatic rings. The SMILES string of the molecule is Cc1nc(NC(=O)c2ccc(C(F)(F)F)cc2)sc1CCCCN. The van der Waals surface area contributed by atoms with Crippen LogP contribution in [0.1, 0.15) is 39.3 Å². The number of nitrogens with one attached hydrogen (secondary N) is 1. The van der Waals surface area contributed by atoms with Crippen LogP contribution in [0.25, 0.3) is 0 Å². The molecule has 1 amide bonds. The zero-order chi connectivity index (χ0) is 17.7. The number of halogens is 3. The molecular weight excluding hydrogens is 339 g/mol. The first kappa shape index (κ1) is 18.4. The maximum Gasteiger partial charge on any atom is 0.416 e. The summed E-state index contributed by atoms with van der Waals surface area (Å²) in [6.07, 6.45) is -1.70. The predicted molar refractivity (Wildman–Crippen MR) is 88.2 cm³/mol. The summed E-state index contributed by atoms with van der Waals surface area (Å²) < 4.78 is 37.6. The number of carbonyl (C=O) groups excluding carboxylic acids is 1. The number of alkyl halides is 3. The van der Waals surface area contributed by atoms with Crippen molar-refractivity contribution in [3.8, 4) is 0 Å². The quantitative estimate of drug-likeness (QED) is 0.768. The van der Waals surface area contributed by atoms with Gasteiger partial charge in [-0.15, -0.1) is 11.3 Å². The van der Waals surface area contributed by atoms with Gasteiger partial charge in [-0.3, -0.25) is 10.1 Å². The lowest BCUT2D eigenvalue weighted by Crippen LogP contribution is -2.12. The van der Waals surface area contributed by atoms with Crippen LogP contribution in [-0.2, 0) is 12.6 Å². The van der Waals surface area contributed by atoms with Crippen LogP contribution in [0, 0.1) is 6.92 Å². The van der Waals surface area contributed by atoms with E-state index in [2.05, 4.69) is 10.3 Å². The summed E-state index contributed by atoms with van der Waals surface area (Å²) in [4.78, 5) is 17.5. The standard InChI is InChI=1S/C16H18F3N3OS/c1-10-13(4-2-3-9-20)24-15(21-10)22-14(23)11-5-7-12(8-6-11)16(17,18)19/h5-8H,2-4,9,20H2,1H3,(H,21,22,23). The first-order valence-electron chi connectivity index (χ1n) is 7.46. The van der Waals surface area contributed by atoms with E-state index in [4.69, 9.17) is 5.73 Å². The summed E-state index contributed by atoms with van der Waals surface area (Å²) in [6.45, 7) is 2.50. The van der Waals surface area contributed by atoms with Crippen molar-refractivity contribution in [3.63, 3.8) is 0 Å². The summed E-state index contributed by atoms with van der Waals surface area (Å²) >= 11 is 1.38. The van der Waals surface area contributed by atoms with Crippen LogP contribution in [0.5, 0.6) is 0 Å². The summed E-state index contributed by atoms with van der Waals surface area (Å²) in [5.41, 5.74) is 5.68. The maximum absolute atomic E-state index is 12.5. The van der Waals surface area contributed by atoms with E-state index in [1.807, 2.05) is 6.92 Å². The van der Waals surface area contributed by atoms with E-state index < -0.39 is 17.6 Å². The fraction of sp³-hybridized carbons (Fsp3) is 0.375. The molecule has 3 N–H and O–H groups in total. The zero-order valence-corrected chi connectivity index (χ0v) is 13.9. The smallest absolute Gasteiger partial charge is 0.330 e. The van der Waals surface area contributed by atoms with Crippen molar-refractivity contribution in [2.75, 3.05) is 11.9 Å². The number of aryl methyl sites for hydroxylation is 2. The number of nitrogens with two attached hydrogens (primary N) is 1. The number of benzene rings is 1. The van der Waals surface area contributed by atoms with Crippen LogP contribution in [0.3, 0.4) is 0 Å². The van der Waals surface area contributed by atoms with Gasteiger partial charge in [-0.1, -0.05) is 0 Å². The molecule has 0 radical (unpaired) electrons. The van der Waals surface area contributed by atoms with Crippen LogP contribution < -0.4 is 11.1 Å². The summed E-state index contributed by atoms with van der Waals surface area (Å²) in [5.74, 6) is -0.481. The maximum atomic E-state index is 12.5. The van der Waals surface area contributed by atoms with Gasteiger partial charge in [0.15, 0.2) is 5.13 Å². The van der Waals surface area contributed by atoms with Crippen molar-refractivity contribution in [2.24, 2.45) is 5.73 Å². The molecule has 130 valence electrons. The Balaban J connectivity index is 2.03. The highest BCUT2D eigenvalue weighted by Gasteiger charge is 2.30. The van der Waals surface area contributed by atoms with Crippen LogP contribution >= 0.6 is 11.3 Å². The van der Waals surface area contributed by atoms with Gasteiger partial charge in [-0.2, -0.15) is 13.2 Å². The topological polar surface area (TPSA) is 68.0 Å². The van der Waals surface area contributed by atoms with Crippen LogP contribution in [0.2, 0.25) is 0 Å². The van der Waals surface area contributed by atoms with E-state index in [-0.39, 0.29) is 5.56 Å².